The van der Waals surface area contributed by atoms with Gasteiger partial charge >= 0.3 is 0 Å². The van der Waals surface area contributed by atoms with Crippen molar-refractivity contribution in [1.82, 2.24) is 5.32 Å². The molecule has 0 heterocycles. The molecular weight excluding hydrogens is 213 g/mol. The Morgan fingerprint density at radius 2 is 2.12 bits per heavy atom. The number of nitrogens with one attached hydrogen (secondary N) is 1. The predicted octanol–water partition coefficient (Wildman–Crippen LogP) is 3.45. The van der Waals surface area contributed by atoms with Crippen LogP contribution in [0.3, 0.4) is 0 Å². The Morgan fingerprint density at radius 1 is 1.35 bits per heavy atom. The Balaban J connectivity index is 1.91. The van der Waals surface area contributed by atoms with E-state index in [0.717, 1.165) is 36.4 Å². The summed E-state index contributed by atoms with van der Waals surface area (Å²) in [6, 6.07) is 5.98. The summed E-state index contributed by atoms with van der Waals surface area (Å²) in [5.41, 5.74) is 2.15. The summed E-state index contributed by atoms with van der Waals surface area (Å²) >= 11 is 0. The molecule has 2 rings (SSSR count). The molecule has 2 heteroatoms. The summed E-state index contributed by atoms with van der Waals surface area (Å²) in [5.74, 6) is 0.760. The van der Waals surface area contributed by atoms with E-state index in [0.29, 0.717) is 6.04 Å². The molecule has 1 aromatic rings. The van der Waals surface area contributed by atoms with Gasteiger partial charge in [0.25, 0.3) is 0 Å². The SMILES string of the molecule is CCNC(CCc1cc(C)cc(F)c1)C1CC1. The summed E-state index contributed by atoms with van der Waals surface area (Å²) in [5, 5.41) is 3.55. The number of hydrogen-bond donors (Lipinski definition) is 1. The van der Waals surface area contributed by atoms with Gasteiger partial charge < -0.3 is 5.32 Å². The maximum atomic E-state index is 13.3. The molecular formula is C15H22FN. The lowest BCUT2D eigenvalue weighted by molar-refractivity contribution is 0.446. The van der Waals surface area contributed by atoms with E-state index in [1.165, 1.54) is 12.8 Å². The summed E-state index contributed by atoms with van der Waals surface area (Å²) in [6.45, 7) is 5.14. The highest BCUT2D eigenvalue weighted by Gasteiger charge is 2.29. The van der Waals surface area contributed by atoms with Crippen LogP contribution in [0, 0.1) is 18.7 Å². The van der Waals surface area contributed by atoms with E-state index in [1.807, 2.05) is 6.92 Å². The van der Waals surface area contributed by atoms with E-state index in [4.69, 9.17) is 0 Å². The van der Waals surface area contributed by atoms with Crippen molar-refractivity contribution in [3.63, 3.8) is 0 Å². The highest BCUT2D eigenvalue weighted by Crippen LogP contribution is 2.34. The normalized spacial score (nSPS) is 17.1. The van der Waals surface area contributed by atoms with Gasteiger partial charge in [-0.1, -0.05) is 13.0 Å². The average Bonchev–Trinajstić information content (AvgIpc) is 3.06. The van der Waals surface area contributed by atoms with Gasteiger partial charge in [-0.05, 0) is 68.3 Å². The van der Waals surface area contributed by atoms with Gasteiger partial charge in [0, 0.05) is 6.04 Å². The van der Waals surface area contributed by atoms with E-state index in [2.05, 4.69) is 18.3 Å². The van der Waals surface area contributed by atoms with Crippen molar-refractivity contribution in [2.45, 2.75) is 45.6 Å². The van der Waals surface area contributed by atoms with Gasteiger partial charge in [-0.15, -0.1) is 0 Å². The molecule has 1 aromatic carbocycles. The second-order valence-electron chi connectivity index (χ2n) is 5.18. The number of benzene rings is 1. The zero-order chi connectivity index (χ0) is 12.3. The fourth-order valence-corrected chi connectivity index (χ4v) is 2.54. The molecule has 0 amide bonds. The van der Waals surface area contributed by atoms with Crippen LogP contribution in [0.5, 0.6) is 0 Å². The van der Waals surface area contributed by atoms with Crippen LogP contribution in [0.25, 0.3) is 0 Å². The van der Waals surface area contributed by atoms with Gasteiger partial charge in [0.1, 0.15) is 5.82 Å². The van der Waals surface area contributed by atoms with Crippen LogP contribution >= 0.6 is 0 Å². The van der Waals surface area contributed by atoms with Gasteiger partial charge in [0.2, 0.25) is 0 Å². The lowest BCUT2D eigenvalue weighted by Gasteiger charge is -2.17. The lowest BCUT2D eigenvalue weighted by atomic mass is 10.0. The first-order valence-electron chi connectivity index (χ1n) is 6.68. The Kier molecular flexibility index (Phi) is 4.16. The predicted molar refractivity (Wildman–Crippen MR) is 69.6 cm³/mol. The molecule has 0 aliphatic heterocycles. The average molecular weight is 235 g/mol. The maximum absolute atomic E-state index is 13.3. The first-order chi connectivity index (χ1) is 8.19. The van der Waals surface area contributed by atoms with Crippen molar-refractivity contribution in [3.8, 4) is 0 Å². The molecule has 1 atom stereocenters. The number of halogens is 1. The molecule has 1 fully saturated rings. The van der Waals surface area contributed by atoms with Crippen molar-refractivity contribution >= 4 is 0 Å². The molecule has 1 N–H and O–H groups in total. The van der Waals surface area contributed by atoms with E-state index < -0.39 is 0 Å². The molecule has 0 aromatic heterocycles. The third-order valence-corrected chi connectivity index (χ3v) is 3.50. The van der Waals surface area contributed by atoms with Gasteiger partial charge in [-0.2, -0.15) is 0 Å². The number of aryl methyl sites for hydroxylation is 2. The standard InChI is InChI=1S/C15H22FN/c1-3-17-15(13-5-6-13)7-4-12-8-11(2)9-14(16)10-12/h8-10,13,15,17H,3-7H2,1-2H3. The van der Waals surface area contributed by atoms with Crippen LogP contribution in [-0.4, -0.2) is 12.6 Å². The van der Waals surface area contributed by atoms with Crippen molar-refractivity contribution < 1.29 is 4.39 Å². The zero-order valence-electron chi connectivity index (χ0n) is 10.8. The van der Waals surface area contributed by atoms with Crippen LogP contribution in [0.2, 0.25) is 0 Å². The van der Waals surface area contributed by atoms with Gasteiger partial charge in [0.15, 0.2) is 0 Å². The molecule has 1 aliphatic carbocycles. The summed E-state index contributed by atoms with van der Waals surface area (Å²) < 4.78 is 13.3. The molecule has 94 valence electrons. The van der Waals surface area contributed by atoms with Crippen molar-refractivity contribution in [3.05, 3.63) is 35.1 Å². The highest BCUT2D eigenvalue weighted by molar-refractivity contribution is 5.23. The van der Waals surface area contributed by atoms with Gasteiger partial charge in [-0.25, -0.2) is 4.39 Å². The number of hydrogen-bond acceptors (Lipinski definition) is 1. The topological polar surface area (TPSA) is 12.0 Å². The Labute approximate surface area is 103 Å². The smallest absolute Gasteiger partial charge is 0.123 e. The second kappa shape index (κ2) is 5.63. The molecule has 1 nitrogen and oxygen atoms in total. The minimum atomic E-state index is -0.105. The van der Waals surface area contributed by atoms with Crippen LogP contribution < -0.4 is 5.32 Å². The molecule has 1 saturated carbocycles. The molecule has 17 heavy (non-hydrogen) atoms. The van der Waals surface area contributed by atoms with Gasteiger partial charge in [0.05, 0.1) is 0 Å². The summed E-state index contributed by atoms with van der Waals surface area (Å²) in [7, 11) is 0. The Morgan fingerprint density at radius 3 is 2.71 bits per heavy atom. The third kappa shape index (κ3) is 3.81. The van der Waals surface area contributed by atoms with Crippen LogP contribution in [0.15, 0.2) is 18.2 Å². The quantitative estimate of drug-likeness (QED) is 0.796. The first-order valence-corrected chi connectivity index (χ1v) is 6.68. The number of rotatable bonds is 6. The van der Waals surface area contributed by atoms with E-state index in [-0.39, 0.29) is 5.82 Å². The fraction of sp³-hybridized carbons (Fsp3) is 0.600. The molecule has 0 radical (unpaired) electrons. The van der Waals surface area contributed by atoms with Crippen LogP contribution in [0.4, 0.5) is 4.39 Å². The molecule has 0 bridgehead atoms. The Hall–Kier alpha value is -0.890. The van der Waals surface area contributed by atoms with E-state index in [1.54, 1.807) is 12.1 Å². The highest BCUT2D eigenvalue weighted by atomic mass is 19.1. The molecule has 0 spiro atoms. The largest absolute Gasteiger partial charge is 0.314 e. The maximum Gasteiger partial charge on any atom is 0.123 e. The molecule has 1 unspecified atom stereocenters. The second-order valence-corrected chi connectivity index (χ2v) is 5.18. The van der Waals surface area contributed by atoms with Crippen molar-refractivity contribution in [2.24, 2.45) is 5.92 Å². The zero-order valence-corrected chi connectivity index (χ0v) is 10.8. The monoisotopic (exact) mass is 235 g/mol. The van der Waals surface area contributed by atoms with E-state index in [9.17, 15) is 4.39 Å². The summed E-state index contributed by atoms with van der Waals surface area (Å²) in [6.07, 6.45) is 4.83. The Bertz CT molecular complexity index is 351. The molecule has 0 saturated heterocycles. The minimum Gasteiger partial charge on any atom is -0.314 e. The fourth-order valence-electron chi connectivity index (χ4n) is 2.54. The first kappa shape index (κ1) is 12.6. The van der Waals surface area contributed by atoms with Crippen LogP contribution in [-0.2, 0) is 6.42 Å². The molecule has 1 aliphatic rings. The van der Waals surface area contributed by atoms with Gasteiger partial charge in [-0.3, -0.25) is 0 Å². The van der Waals surface area contributed by atoms with Crippen molar-refractivity contribution in [1.29, 1.82) is 0 Å². The van der Waals surface area contributed by atoms with E-state index >= 15 is 0 Å². The third-order valence-electron chi connectivity index (χ3n) is 3.50. The van der Waals surface area contributed by atoms with Crippen molar-refractivity contribution in [2.75, 3.05) is 6.54 Å². The summed E-state index contributed by atoms with van der Waals surface area (Å²) in [4.78, 5) is 0. The van der Waals surface area contributed by atoms with Crippen LogP contribution in [0.1, 0.15) is 37.3 Å². The minimum absolute atomic E-state index is 0.105. The lowest BCUT2D eigenvalue weighted by Crippen LogP contribution is -2.31.